The first-order chi connectivity index (χ1) is 24.0. The molecule has 0 atom stereocenters. The van der Waals surface area contributed by atoms with Crippen molar-refractivity contribution in [3.63, 3.8) is 0 Å². The standard InChI is InChI=1S/C41H42ClN5OS/c1-29-28-31(42)19-22-37(29)47-39(38-16-11-26-46(38)2)44-45-40(47)49-27-10-4-9-24-41(43-25-23-30-17-20-32(48-3)21-18-30)35-14-7-5-12-33(35)34-13-6-8-15-36(34)41/h5-8,11-22,26,28,43H,4,9-10,23-25,27H2,1-3H3. The minimum absolute atomic E-state index is 0.219. The third-order valence-corrected chi connectivity index (χ3v) is 10.9. The van der Waals surface area contributed by atoms with E-state index >= 15 is 0 Å². The third-order valence-electron chi connectivity index (χ3n) is 9.70. The summed E-state index contributed by atoms with van der Waals surface area (Å²) in [5, 5.41) is 15.1. The van der Waals surface area contributed by atoms with E-state index in [2.05, 4.69) is 104 Å². The Bertz CT molecular complexity index is 2000. The van der Waals surface area contributed by atoms with Crippen LogP contribution in [0.5, 0.6) is 5.75 Å². The van der Waals surface area contributed by atoms with E-state index < -0.39 is 0 Å². The summed E-state index contributed by atoms with van der Waals surface area (Å²) in [5.41, 5.74) is 9.71. The number of hydrogen-bond donors (Lipinski definition) is 1. The normalized spacial score (nSPS) is 13.0. The predicted octanol–water partition coefficient (Wildman–Crippen LogP) is 9.65. The van der Waals surface area contributed by atoms with Crippen molar-refractivity contribution in [1.82, 2.24) is 24.6 Å². The number of unbranched alkanes of at least 4 members (excludes halogenated alkanes) is 2. The molecule has 1 aliphatic carbocycles. The number of methoxy groups -OCH3 is 1. The molecule has 0 saturated heterocycles. The maximum Gasteiger partial charge on any atom is 0.196 e. The zero-order valence-corrected chi connectivity index (χ0v) is 29.9. The fourth-order valence-corrected chi connectivity index (χ4v) is 8.40. The Labute approximate surface area is 298 Å². The van der Waals surface area contributed by atoms with Crippen molar-refractivity contribution in [3.8, 4) is 34.1 Å². The van der Waals surface area contributed by atoms with Gasteiger partial charge in [0.15, 0.2) is 11.0 Å². The van der Waals surface area contributed by atoms with Crippen molar-refractivity contribution >= 4 is 23.4 Å². The highest BCUT2D eigenvalue weighted by Gasteiger charge is 2.41. The van der Waals surface area contributed by atoms with Gasteiger partial charge in [0, 0.05) is 30.6 Å². The zero-order chi connectivity index (χ0) is 33.8. The average molecular weight is 688 g/mol. The molecule has 0 fully saturated rings. The Morgan fingerprint density at radius 3 is 2.24 bits per heavy atom. The van der Waals surface area contributed by atoms with Crippen molar-refractivity contribution in [2.75, 3.05) is 19.4 Å². The maximum atomic E-state index is 6.34. The highest BCUT2D eigenvalue weighted by atomic mass is 35.5. The molecular formula is C41H42ClN5OS. The number of thioether (sulfide) groups is 1. The molecule has 8 heteroatoms. The van der Waals surface area contributed by atoms with Crippen molar-refractivity contribution in [1.29, 1.82) is 0 Å². The summed E-state index contributed by atoms with van der Waals surface area (Å²) in [7, 11) is 3.75. The molecule has 6 nitrogen and oxygen atoms in total. The number of aryl methyl sites for hydroxylation is 2. The fourth-order valence-electron chi connectivity index (χ4n) is 7.23. The van der Waals surface area contributed by atoms with Crippen LogP contribution in [0.2, 0.25) is 5.02 Å². The second-order valence-electron chi connectivity index (χ2n) is 12.8. The molecule has 0 radical (unpaired) electrons. The number of ether oxygens (including phenoxy) is 1. The highest BCUT2D eigenvalue weighted by Crippen LogP contribution is 2.50. The quantitative estimate of drug-likeness (QED) is 0.0913. The number of nitrogens with zero attached hydrogens (tertiary/aromatic N) is 4. The number of nitrogens with one attached hydrogen (secondary N) is 1. The number of hydrogen-bond acceptors (Lipinski definition) is 5. The van der Waals surface area contributed by atoms with Crippen LogP contribution in [0.1, 0.15) is 47.9 Å². The molecule has 1 aliphatic rings. The molecule has 49 heavy (non-hydrogen) atoms. The first-order valence-electron chi connectivity index (χ1n) is 17.0. The summed E-state index contributed by atoms with van der Waals surface area (Å²) in [6, 6.07) is 36.4. The Morgan fingerprint density at radius 1 is 0.837 bits per heavy atom. The van der Waals surface area contributed by atoms with E-state index in [1.165, 1.54) is 27.8 Å². The van der Waals surface area contributed by atoms with Crippen LogP contribution >= 0.6 is 23.4 Å². The van der Waals surface area contributed by atoms with Crippen LogP contribution in [0.3, 0.4) is 0 Å². The molecule has 0 bridgehead atoms. The smallest absolute Gasteiger partial charge is 0.196 e. The van der Waals surface area contributed by atoms with Crippen molar-refractivity contribution < 1.29 is 4.74 Å². The van der Waals surface area contributed by atoms with Crippen molar-refractivity contribution in [3.05, 3.63) is 137 Å². The number of halogens is 1. The summed E-state index contributed by atoms with van der Waals surface area (Å²) in [6.07, 6.45) is 7.34. The first-order valence-corrected chi connectivity index (χ1v) is 18.4. The lowest BCUT2D eigenvalue weighted by molar-refractivity contribution is 0.368. The molecule has 250 valence electrons. The van der Waals surface area contributed by atoms with Crippen molar-refractivity contribution in [2.45, 2.75) is 49.7 Å². The zero-order valence-electron chi connectivity index (χ0n) is 28.3. The van der Waals surface area contributed by atoms with E-state index in [-0.39, 0.29) is 5.54 Å². The Kier molecular flexibility index (Phi) is 9.94. The van der Waals surface area contributed by atoms with Crippen LogP contribution in [0.15, 0.2) is 114 Å². The Balaban J connectivity index is 1.06. The van der Waals surface area contributed by atoms with Gasteiger partial charge in [0.25, 0.3) is 0 Å². The van der Waals surface area contributed by atoms with Crippen molar-refractivity contribution in [2.24, 2.45) is 7.05 Å². The van der Waals surface area contributed by atoms with Gasteiger partial charge in [-0.25, -0.2) is 0 Å². The minimum atomic E-state index is -0.219. The van der Waals surface area contributed by atoms with Gasteiger partial charge in [0.2, 0.25) is 0 Å². The molecule has 1 N–H and O–H groups in total. The number of fused-ring (bicyclic) bond motifs is 3. The maximum absolute atomic E-state index is 6.34. The lowest BCUT2D eigenvalue weighted by Crippen LogP contribution is -2.43. The molecule has 0 aliphatic heterocycles. The minimum Gasteiger partial charge on any atom is -0.497 e. The van der Waals surface area contributed by atoms with Gasteiger partial charge < -0.3 is 14.6 Å². The van der Waals surface area contributed by atoms with Crippen LogP contribution in [0.4, 0.5) is 0 Å². The van der Waals surface area contributed by atoms with Gasteiger partial charge in [0.05, 0.1) is 24.0 Å². The molecule has 0 spiro atoms. The molecule has 0 saturated carbocycles. The van der Waals surface area contributed by atoms with E-state index in [4.69, 9.17) is 16.3 Å². The van der Waals surface area contributed by atoms with Crippen LogP contribution in [-0.2, 0) is 19.0 Å². The lowest BCUT2D eigenvalue weighted by Gasteiger charge is -2.34. The molecule has 0 unspecified atom stereocenters. The van der Waals surface area contributed by atoms with Gasteiger partial charge in [-0.05, 0) is 102 Å². The van der Waals surface area contributed by atoms with Crippen LogP contribution < -0.4 is 10.1 Å². The monoisotopic (exact) mass is 687 g/mol. The van der Waals surface area contributed by atoms with Crippen LogP contribution in [0.25, 0.3) is 28.3 Å². The molecule has 0 amide bonds. The summed E-state index contributed by atoms with van der Waals surface area (Å²) in [4.78, 5) is 0. The third kappa shape index (κ3) is 6.67. The summed E-state index contributed by atoms with van der Waals surface area (Å²) >= 11 is 8.11. The predicted molar refractivity (Wildman–Crippen MR) is 202 cm³/mol. The van der Waals surface area contributed by atoms with Gasteiger partial charge >= 0.3 is 0 Å². The Hall–Kier alpha value is -4.30. The Morgan fingerprint density at radius 2 is 1.57 bits per heavy atom. The molecule has 4 aromatic carbocycles. The molecule has 7 rings (SSSR count). The second-order valence-corrected chi connectivity index (χ2v) is 14.3. The van der Waals surface area contributed by atoms with E-state index in [0.29, 0.717) is 0 Å². The number of rotatable bonds is 14. The average Bonchev–Trinajstić information content (AvgIpc) is 3.81. The van der Waals surface area contributed by atoms with Gasteiger partial charge in [-0.2, -0.15) is 0 Å². The van der Waals surface area contributed by atoms with Crippen LogP contribution in [0, 0.1) is 6.92 Å². The summed E-state index contributed by atoms with van der Waals surface area (Å²) < 4.78 is 9.64. The van der Waals surface area contributed by atoms with Crippen LogP contribution in [-0.4, -0.2) is 38.7 Å². The van der Waals surface area contributed by atoms with E-state index in [0.717, 1.165) is 83.1 Å². The first kappa shape index (κ1) is 33.2. The molecule has 6 aromatic rings. The van der Waals surface area contributed by atoms with E-state index in [1.54, 1.807) is 18.9 Å². The van der Waals surface area contributed by atoms with E-state index in [1.807, 2.05) is 43.6 Å². The lowest BCUT2D eigenvalue weighted by atomic mass is 9.82. The number of aromatic nitrogens is 4. The molecular weight excluding hydrogens is 646 g/mol. The van der Waals surface area contributed by atoms with E-state index in [9.17, 15) is 0 Å². The topological polar surface area (TPSA) is 56.9 Å². The molecule has 2 heterocycles. The van der Waals surface area contributed by atoms with Gasteiger partial charge in [0.1, 0.15) is 5.75 Å². The largest absolute Gasteiger partial charge is 0.497 e. The van der Waals surface area contributed by atoms with Gasteiger partial charge in [-0.15, -0.1) is 10.2 Å². The highest BCUT2D eigenvalue weighted by molar-refractivity contribution is 7.99. The molecule has 2 aromatic heterocycles. The summed E-state index contributed by atoms with van der Waals surface area (Å²) in [6.45, 7) is 2.97. The van der Waals surface area contributed by atoms with Gasteiger partial charge in [-0.3, -0.25) is 4.57 Å². The summed E-state index contributed by atoms with van der Waals surface area (Å²) in [5.74, 6) is 2.69. The van der Waals surface area contributed by atoms with Gasteiger partial charge in [-0.1, -0.05) is 96.9 Å². The second kappa shape index (κ2) is 14.7. The SMILES string of the molecule is COc1ccc(CCNC2(CCCCCSc3nnc(-c4cccn4C)n3-c3ccc(Cl)cc3C)c3ccccc3-c3ccccc32)cc1. The number of benzene rings is 4. The fraction of sp³-hybridized carbons (Fsp3) is 0.268.